The lowest BCUT2D eigenvalue weighted by Gasteiger charge is -2.00. The van der Waals surface area contributed by atoms with Crippen molar-refractivity contribution < 1.29 is 0 Å². The molecule has 0 N–H and O–H groups in total. The van der Waals surface area contributed by atoms with E-state index in [0.717, 1.165) is 12.1 Å². The van der Waals surface area contributed by atoms with E-state index in [-0.39, 0.29) is 0 Å². The summed E-state index contributed by atoms with van der Waals surface area (Å²) in [6.07, 6.45) is 4.58. The molecule has 3 heteroatoms. The van der Waals surface area contributed by atoms with Gasteiger partial charge < -0.3 is 0 Å². The van der Waals surface area contributed by atoms with Crippen LogP contribution in [0, 0.1) is 0 Å². The Balaban J connectivity index is 2.33. The van der Waals surface area contributed by atoms with Crippen LogP contribution >= 0.6 is 0 Å². The summed E-state index contributed by atoms with van der Waals surface area (Å²) in [6.45, 7) is 2.14. The minimum atomic E-state index is 1.05. The standard InChI is InChI=1S/C10H11N3/c1-2-9-3-5-10(6-4-9)13-8-7-11-12-13/h3-8H,2H2,1H3. The topological polar surface area (TPSA) is 30.7 Å². The molecular formula is C10H11N3. The van der Waals surface area contributed by atoms with E-state index in [0.29, 0.717) is 0 Å². The van der Waals surface area contributed by atoms with Crippen LogP contribution in [0.4, 0.5) is 0 Å². The Kier molecular flexibility index (Phi) is 2.08. The highest BCUT2D eigenvalue weighted by molar-refractivity contribution is 5.33. The van der Waals surface area contributed by atoms with Crippen molar-refractivity contribution in [3.05, 3.63) is 42.2 Å². The van der Waals surface area contributed by atoms with Crippen molar-refractivity contribution in [1.29, 1.82) is 0 Å². The van der Waals surface area contributed by atoms with Crippen LogP contribution in [0.25, 0.3) is 5.69 Å². The number of hydrogen-bond donors (Lipinski definition) is 0. The second-order valence-corrected chi connectivity index (χ2v) is 2.87. The van der Waals surface area contributed by atoms with Gasteiger partial charge in [-0.3, -0.25) is 0 Å². The Morgan fingerprint density at radius 2 is 2.00 bits per heavy atom. The third-order valence-corrected chi connectivity index (χ3v) is 2.03. The van der Waals surface area contributed by atoms with Gasteiger partial charge in [-0.05, 0) is 24.1 Å². The van der Waals surface area contributed by atoms with E-state index in [1.165, 1.54) is 5.56 Å². The summed E-state index contributed by atoms with van der Waals surface area (Å²) in [5, 5.41) is 7.66. The highest BCUT2D eigenvalue weighted by Crippen LogP contribution is 2.07. The van der Waals surface area contributed by atoms with Gasteiger partial charge in [-0.1, -0.05) is 24.3 Å². The Bertz CT molecular complexity index is 362. The Labute approximate surface area is 77.0 Å². The maximum atomic E-state index is 3.91. The first kappa shape index (κ1) is 7.98. The van der Waals surface area contributed by atoms with Crippen LogP contribution < -0.4 is 0 Å². The predicted molar refractivity (Wildman–Crippen MR) is 50.7 cm³/mol. The molecule has 0 radical (unpaired) electrons. The Hall–Kier alpha value is -1.64. The SMILES string of the molecule is CCc1ccc(-n2ccnn2)cc1. The molecule has 1 heterocycles. The highest BCUT2D eigenvalue weighted by atomic mass is 15.4. The second kappa shape index (κ2) is 3.39. The van der Waals surface area contributed by atoms with Gasteiger partial charge in [0.15, 0.2) is 0 Å². The maximum Gasteiger partial charge on any atom is 0.0697 e. The molecule has 1 aromatic carbocycles. The third-order valence-electron chi connectivity index (χ3n) is 2.03. The monoisotopic (exact) mass is 173 g/mol. The number of aromatic nitrogens is 3. The van der Waals surface area contributed by atoms with Crippen molar-refractivity contribution >= 4 is 0 Å². The summed E-state index contributed by atoms with van der Waals surface area (Å²) in [7, 11) is 0. The average Bonchev–Trinajstić information content (AvgIpc) is 2.71. The van der Waals surface area contributed by atoms with Gasteiger partial charge in [0.1, 0.15) is 0 Å². The lowest BCUT2D eigenvalue weighted by Crippen LogP contribution is -1.94. The van der Waals surface area contributed by atoms with Crippen LogP contribution in [0.2, 0.25) is 0 Å². The van der Waals surface area contributed by atoms with E-state index in [2.05, 4.69) is 29.4 Å². The van der Waals surface area contributed by atoms with Crippen LogP contribution in [-0.2, 0) is 6.42 Å². The van der Waals surface area contributed by atoms with Crippen molar-refractivity contribution in [3.63, 3.8) is 0 Å². The van der Waals surface area contributed by atoms with E-state index < -0.39 is 0 Å². The molecule has 0 saturated carbocycles. The molecule has 0 unspecified atom stereocenters. The molecule has 0 spiro atoms. The number of rotatable bonds is 2. The fourth-order valence-corrected chi connectivity index (χ4v) is 1.23. The zero-order valence-corrected chi connectivity index (χ0v) is 7.51. The van der Waals surface area contributed by atoms with Crippen molar-refractivity contribution in [3.8, 4) is 5.69 Å². The van der Waals surface area contributed by atoms with Gasteiger partial charge in [0, 0.05) is 0 Å². The van der Waals surface area contributed by atoms with Gasteiger partial charge in [-0.15, -0.1) is 5.10 Å². The first-order valence-corrected chi connectivity index (χ1v) is 4.36. The number of nitrogens with zero attached hydrogens (tertiary/aromatic N) is 3. The van der Waals surface area contributed by atoms with Crippen molar-refractivity contribution in [2.24, 2.45) is 0 Å². The first-order valence-electron chi connectivity index (χ1n) is 4.36. The molecule has 0 atom stereocenters. The predicted octanol–water partition coefficient (Wildman–Crippen LogP) is 1.83. The Morgan fingerprint density at radius 1 is 1.23 bits per heavy atom. The zero-order chi connectivity index (χ0) is 9.10. The summed E-state index contributed by atoms with van der Waals surface area (Å²) in [5.41, 5.74) is 2.39. The van der Waals surface area contributed by atoms with Crippen LogP contribution in [0.5, 0.6) is 0 Å². The van der Waals surface area contributed by atoms with Crippen molar-refractivity contribution in [2.75, 3.05) is 0 Å². The van der Waals surface area contributed by atoms with Crippen LogP contribution in [0.15, 0.2) is 36.7 Å². The fourth-order valence-electron chi connectivity index (χ4n) is 1.23. The third kappa shape index (κ3) is 1.59. The van der Waals surface area contributed by atoms with Gasteiger partial charge in [0.05, 0.1) is 18.1 Å². The summed E-state index contributed by atoms with van der Waals surface area (Å²) in [5.74, 6) is 0. The lowest BCUT2D eigenvalue weighted by molar-refractivity contribution is 0.802. The molecule has 0 saturated heterocycles. The smallest absolute Gasteiger partial charge is 0.0697 e. The summed E-state index contributed by atoms with van der Waals surface area (Å²) in [4.78, 5) is 0. The quantitative estimate of drug-likeness (QED) is 0.693. The van der Waals surface area contributed by atoms with E-state index in [1.807, 2.05) is 18.3 Å². The number of benzene rings is 1. The zero-order valence-electron chi connectivity index (χ0n) is 7.51. The normalized spacial score (nSPS) is 10.2. The van der Waals surface area contributed by atoms with Gasteiger partial charge in [-0.2, -0.15) is 0 Å². The average molecular weight is 173 g/mol. The molecule has 0 fully saturated rings. The minimum Gasteiger partial charge on any atom is -0.221 e. The molecule has 0 amide bonds. The van der Waals surface area contributed by atoms with Gasteiger partial charge in [0.2, 0.25) is 0 Å². The molecule has 3 nitrogen and oxygen atoms in total. The first-order chi connectivity index (χ1) is 6.40. The van der Waals surface area contributed by atoms with E-state index in [4.69, 9.17) is 0 Å². The van der Waals surface area contributed by atoms with E-state index in [9.17, 15) is 0 Å². The fraction of sp³-hybridized carbons (Fsp3) is 0.200. The summed E-state index contributed by atoms with van der Waals surface area (Å²) in [6, 6.07) is 8.31. The maximum absolute atomic E-state index is 3.91. The van der Waals surface area contributed by atoms with Gasteiger partial charge in [-0.25, -0.2) is 4.68 Å². The van der Waals surface area contributed by atoms with Crippen molar-refractivity contribution in [1.82, 2.24) is 15.0 Å². The van der Waals surface area contributed by atoms with E-state index >= 15 is 0 Å². The molecule has 0 aliphatic rings. The number of aryl methyl sites for hydroxylation is 1. The van der Waals surface area contributed by atoms with Gasteiger partial charge >= 0.3 is 0 Å². The molecule has 0 aliphatic heterocycles. The molecule has 2 aromatic rings. The van der Waals surface area contributed by atoms with Crippen LogP contribution in [-0.4, -0.2) is 15.0 Å². The molecule has 1 aromatic heterocycles. The van der Waals surface area contributed by atoms with Crippen molar-refractivity contribution in [2.45, 2.75) is 13.3 Å². The highest BCUT2D eigenvalue weighted by Gasteiger charge is 1.95. The lowest BCUT2D eigenvalue weighted by atomic mass is 10.1. The minimum absolute atomic E-state index is 1.05. The summed E-state index contributed by atoms with van der Waals surface area (Å²) < 4.78 is 1.75. The van der Waals surface area contributed by atoms with E-state index in [1.54, 1.807) is 10.9 Å². The number of hydrogen-bond acceptors (Lipinski definition) is 2. The van der Waals surface area contributed by atoms with Crippen LogP contribution in [0.3, 0.4) is 0 Å². The molecule has 13 heavy (non-hydrogen) atoms. The molecule has 66 valence electrons. The summed E-state index contributed by atoms with van der Waals surface area (Å²) >= 11 is 0. The molecule has 2 rings (SSSR count). The largest absolute Gasteiger partial charge is 0.221 e. The molecular weight excluding hydrogens is 162 g/mol. The Morgan fingerprint density at radius 3 is 2.54 bits per heavy atom. The molecule has 0 bridgehead atoms. The second-order valence-electron chi connectivity index (χ2n) is 2.87. The van der Waals surface area contributed by atoms with Crippen LogP contribution in [0.1, 0.15) is 12.5 Å². The molecule has 0 aliphatic carbocycles. The van der Waals surface area contributed by atoms with Gasteiger partial charge in [0.25, 0.3) is 0 Å².